The van der Waals surface area contributed by atoms with E-state index in [1.54, 1.807) is 20.8 Å². The zero-order valence-corrected chi connectivity index (χ0v) is 11.4. The molecule has 0 radical (unpaired) electrons. The highest BCUT2D eigenvalue weighted by Crippen LogP contribution is 2.21. The molecule has 0 aliphatic rings. The van der Waals surface area contributed by atoms with Crippen LogP contribution in [-0.4, -0.2) is 17.3 Å². The van der Waals surface area contributed by atoms with Crippen molar-refractivity contribution < 1.29 is 18.3 Å². The van der Waals surface area contributed by atoms with Gasteiger partial charge in [-0.25, -0.2) is 8.78 Å². The van der Waals surface area contributed by atoms with Crippen LogP contribution in [0.1, 0.15) is 27.2 Å². The summed E-state index contributed by atoms with van der Waals surface area (Å²) < 4.78 is 30.7. The molecule has 0 spiro atoms. The number of hydrogen-bond acceptors (Lipinski definition) is 3. The first kappa shape index (κ1) is 15.0. The van der Waals surface area contributed by atoms with Gasteiger partial charge in [0.05, 0.1) is 6.42 Å². The Bertz CT molecular complexity index is 427. The molecule has 0 saturated heterocycles. The second-order valence-corrected chi connectivity index (χ2v) is 5.93. The normalized spacial score (nSPS) is 11.4. The molecule has 0 unspecified atom stereocenters. The predicted octanol–water partition coefficient (Wildman–Crippen LogP) is 3.79. The maximum absolute atomic E-state index is 12.9. The smallest absolute Gasteiger partial charge is 0.307 e. The number of benzene rings is 1. The summed E-state index contributed by atoms with van der Waals surface area (Å²) >= 11 is 1.29. The van der Waals surface area contributed by atoms with Gasteiger partial charge in [-0.3, -0.25) is 4.79 Å². The molecule has 100 valence electrons. The van der Waals surface area contributed by atoms with Crippen LogP contribution in [0.2, 0.25) is 0 Å². The average Bonchev–Trinajstić information content (AvgIpc) is 2.20. The van der Waals surface area contributed by atoms with E-state index in [-0.39, 0.29) is 12.4 Å². The van der Waals surface area contributed by atoms with E-state index in [1.807, 2.05) is 0 Å². The zero-order chi connectivity index (χ0) is 13.8. The number of thioether (sulfide) groups is 1. The molecular formula is C13H16F2O2S. The van der Waals surface area contributed by atoms with Gasteiger partial charge in [-0.15, -0.1) is 11.8 Å². The summed E-state index contributed by atoms with van der Waals surface area (Å²) in [7, 11) is 0. The van der Waals surface area contributed by atoms with Crippen molar-refractivity contribution in [1.82, 2.24) is 0 Å². The molecule has 0 bridgehead atoms. The Morgan fingerprint density at radius 2 is 1.94 bits per heavy atom. The number of hydrogen-bond donors (Lipinski definition) is 0. The molecule has 0 fully saturated rings. The highest BCUT2D eigenvalue weighted by Gasteiger charge is 2.15. The fourth-order valence-corrected chi connectivity index (χ4v) is 2.07. The van der Waals surface area contributed by atoms with E-state index in [0.717, 1.165) is 12.1 Å². The number of halogens is 2. The topological polar surface area (TPSA) is 26.3 Å². The summed E-state index contributed by atoms with van der Waals surface area (Å²) in [4.78, 5) is 12.0. The van der Waals surface area contributed by atoms with Crippen molar-refractivity contribution in [1.29, 1.82) is 0 Å². The summed E-state index contributed by atoms with van der Waals surface area (Å²) in [6.07, 6.45) is 0.237. The Balaban J connectivity index is 2.38. The monoisotopic (exact) mass is 274 g/mol. The molecule has 0 aliphatic heterocycles. The van der Waals surface area contributed by atoms with Gasteiger partial charge < -0.3 is 4.74 Å². The zero-order valence-electron chi connectivity index (χ0n) is 10.6. The predicted molar refractivity (Wildman–Crippen MR) is 67.5 cm³/mol. The van der Waals surface area contributed by atoms with Crippen molar-refractivity contribution in [3.8, 4) is 0 Å². The standard InChI is InChI=1S/C13H16F2O2S/c1-13(2,3)17-12(16)6-7-18-9-4-5-10(14)11(15)8-9/h4-5,8H,6-7H2,1-3H3. The van der Waals surface area contributed by atoms with E-state index in [1.165, 1.54) is 17.8 Å². The van der Waals surface area contributed by atoms with Gasteiger partial charge in [0.1, 0.15) is 5.60 Å². The maximum Gasteiger partial charge on any atom is 0.307 e. The van der Waals surface area contributed by atoms with Crippen molar-refractivity contribution in [2.45, 2.75) is 37.7 Å². The molecule has 18 heavy (non-hydrogen) atoms. The summed E-state index contributed by atoms with van der Waals surface area (Å²) in [6.45, 7) is 5.40. The second-order valence-electron chi connectivity index (χ2n) is 4.76. The van der Waals surface area contributed by atoms with Gasteiger partial charge in [0, 0.05) is 10.6 Å². The number of rotatable bonds is 4. The Morgan fingerprint density at radius 3 is 2.50 bits per heavy atom. The van der Waals surface area contributed by atoms with E-state index in [9.17, 15) is 13.6 Å². The summed E-state index contributed by atoms with van der Waals surface area (Å²) in [5.41, 5.74) is -0.496. The van der Waals surface area contributed by atoms with Crippen LogP contribution in [0.4, 0.5) is 8.78 Å². The van der Waals surface area contributed by atoms with Gasteiger partial charge in [-0.1, -0.05) is 0 Å². The highest BCUT2D eigenvalue weighted by atomic mass is 32.2. The summed E-state index contributed by atoms with van der Waals surface area (Å²) in [5, 5.41) is 0. The third-order valence-electron chi connectivity index (χ3n) is 1.89. The average molecular weight is 274 g/mol. The lowest BCUT2D eigenvalue weighted by Crippen LogP contribution is -2.23. The molecule has 0 N–H and O–H groups in total. The minimum Gasteiger partial charge on any atom is -0.460 e. The van der Waals surface area contributed by atoms with E-state index in [4.69, 9.17) is 4.74 Å². The Hall–Kier alpha value is -1.10. The fourth-order valence-electron chi connectivity index (χ4n) is 1.21. The molecule has 2 nitrogen and oxygen atoms in total. The van der Waals surface area contributed by atoms with Gasteiger partial charge in [-0.2, -0.15) is 0 Å². The van der Waals surface area contributed by atoms with Gasteiger partial charge in [-0.05, 0) is 39.0 Å². The van der Waals surface area contributed by atoms with Crippen molar-refractivity contribution in [2.75, 3.05) is 5.75 Å². The van der Waals surface area contributed by atoms with Gasteiger partial charge >= 0.3 is 5.97 Å². The second kappa shape index (κ2) is 6.18. The van der Waals surface area contributed by atoms with E-state index < -0.39 is 17.2 Å². The molecule has 0 amide bonds. The Kier molecular flexibility index (Phi) is 5.14. The molecule has 0 aliphatic carbocycles. The van der Waals surface area contributed by atoms with Crippen LogP contribution in [0.25, 0.3) is 0 Å². The number of ether oxygens (including phenoxy) is 1. The largest absolute Gasteiger partial charge is 0.460 e. The lowest BCUT2D eigenvalue weighted by molar-refractivity contribution is -0.154. The fraction of sp³-hybridized carbons (Fsp3) is 0.462. The minimum atomic E-state index is -0.878. The molecule has 1 rings (SSSR count). The molecule has 0 heterocycles. The number of carbonyl (C=O) groups is 1. The lowest BCUT2D eigenvalue weighted by Gasteiger charge is -2.19. The SMILES string of the molecule is CC(C)(C)OC(=O)CCSc1ccc(F)c(F)c1. The van der Waals surface area contributed by atoms with Crippen molar-refractivity contribution in [3.05, 3.63) is 29.8 Å². The third kappa shape index (κ3) is 5.49. The molecule has 1 aromatic carbocycles. The third-order valence-corrected chi connectivity index (χ3v) is 2.88. The highest BCUT2D eigenvalue weighted by molar-refractivity contribution is 7.99. The minimum absolute atomic E-state index is 0.237. The van der Waals surface area contributed by atoms with Crippen LogP contribution in [0.3, 0.4) is 0 Å². The summed E-state index contributed by atoms with van der Waals surface area (Å²) in [6, 6.07) is 3.68. The van der Waals surface area contributed by atoms with Crippen LogP contribution in [0.15, 0.2) is 23.1 Å². The van der Waals surface area contributed by atoms with E-state index in [2.05, 4.69) is 0 Å². The van der Waals surface area contributed by atoms with Crippen molar-refractivity contribution >= 4 is 17.7 Å². The molecule has 0 aromatic heterocycles. The molecule has 5 heteroatoms. The summed E-state index contributed by atoms with van der Waals surface area (Å²) in [5.74, 6) is -1.57. The molecule has 0 atom stereocenters. The lowest BCUT2D eigenvalue weighted by atomic mass is 10.2. The van der Waals surface area contributed by atoms with Crippen LogP contribution in [0, 0.1) is 11.6 Å². The van der Waals surface area contributed by atoms with Gasteiger partial charge in [0.2, 0.25) is 0 Å². The van der Waals surface area contributed by atoms with E-state index >= 15 is 0 Å². The molecular weight excluding hydrogens is 258 g/mol. The first-order chi connectivity index (χ1) is 8.28. The van der Waals surface area contributed by atoms with Crippen LogP contribution in [-0.2, 0) is 9.53 Å². The Morgan fingerprint density at radius 1 is 1.28 bits per heavy atom. The van der Waals surface area contributed by atoms with Crippen LogP contribution in [0.5, 0.6) is 0 Å². The first-order valence-corrected chi connectivity index (χ1v) is 6.56. The molecule has 0 saturated carbocycles. The number of esters is 1. The quantitative estimate of drug-likeness (QED) is 0.617. The molecule has 1 aromatic rings. The van der Waals surface area contributed by atoms with Crippen molar-refractivity contribution in [3.63, 3.8) is 0 Å². The van der Waals surface area contributed by atoms with Gasteiger partial charge in [0.25, 0.3) is 0 Å². The van der Waals surface area contributed by atoms with Crippen molar-refractivity contribution in [2.24, 2.45) is 0 Å². The van der Waals surface area contributed by atoms with Gasteiger partial charge in [0.15, 0.2) is 11.6 Å². The Labute approximate surface area is 110 Å². The maximum atomic E-state index is 12.9. The van der Waals surface area contributed by atoms with E-state index in [0.29, 0.717) is 10.6 Å². The first-order valence-electron chi connectivity index (χ1n) is 5.57. The van der Waals surface area contributed by atoms with Crippen LogP contribution < -0.4 is 0 Å². The van der Waals surface area contributed by atoms with Crippen LogP contribution >= 0.6 is 11.8 Å². The number of carbonyl (C=O) groups excluding carboxylic acids is 1.